The molecule has 2 aromatic carbocycles. The van der Waals surface area contributed by atoms with Crippen molar-refractivity contribution in [1.29, 1.82) is 0 Å². The summed E-state index contributed by atoms with van der Waals surface area (Å²) in [5.41, 5.74) is 9.46. The molecule has 0 atom stereocenters. The summed E-state index contributed by atoms with van der Waals surface area (Å²) in [7, 11) is 0. The molecule has 8 nitrogen and oxygen atoms in total. The predicted molar refractivity (Wildman–Crippen MR) is 148 cm³/mol. The van der Waals surface area contributed by atoms with E-state index < -0.39 is 0 Å². The van der Waals surface area contributed by atoms with Crippen LogP contribution in [0.1, 0.15) is 64.9 Å². The fraction of sp³-hybridized carbons (Fsp3) is 0.448. The molecule has 2 aromatic heterocycles. The molecule has 0 amide bonds. The second-order valence-electron chi connectivity index (χ2n) is 9.64. The van der Waals surface area contributed by atoms with E-state index >= 15 is 0 Å². The molecule has 37 heavy (non-hydrogen) atoms. The topological polar surface area (TPSA) is 100 Å². The molecule has 0 spiro atoms. The van der Waals surface area contributed by atoms with Crippen LogP contribution in [0.5, 0.6) is 17.5 Å². The number of aromatic hydroxyl groups is 1. The zero-order valence-electron chi connectivity index (χ0n) is 22.4. The number of nitrogens with zero attached hydrogens (tertiary/aromatic N) is 4. The lowest BCUT2D eigenvalue weighted by Gasteiger charge is -2.19. The molecule has 4 aromatic rings. The van der Waals surface area contributed by atoms with E-state index in [9.17, 15) is 5.11 Å². The van der Waals surface area contributed by atoms with E-state index in [0.29, 0.717) is 31.3 Å². The third kappa shape index (κ3) is 5.74. The molecular weight excluding hydrogens is 466 g/mol. The highest BCUT2D eigenvalue weighted by atomic mass is 16.5. The van der Waals surface area contributed by atoms with Gasteiger partial charge in [-0.15, -0.1) is 5.10 Å². The smallest absolute Gasteiger partial charge is 0.319 e. The lowest BCUT2D eigenvalue weighted by atomic mass is 9.98. The number of ether oxygens (including phenoxy) is 2. The van der Waals surface area contributed by atoms with Crippen LogP contribution in [0.15, 0.2) is 42.6 Å². The van der Waals surface area contributed by atoms with Gasteiger partial charge >= 0.3 is 6.01 Å². The number of hydrogen-bond acceptors (Lipinski definition) is 6. The molecule has 0 aliphatic carbocycles. The van der Waals surface area contributed by atoms with Gasteiger partial charge in [0.1, 0.15) is 11.5 Å². The SMILES string of the molecule is CCCCOc1cc(OCCCC)c(C(C)C)cc1-c1nnc(O)n1-c1ccc2c(ccn2CCN)c1. The Labute approximate surface area is 219 Å². The molecule has 0 saturated carbocycles. The third-order valence-corrected chi connectivity index (χ3v) is 6.51. The Morgan fingerprint density at radius 2 is 1.68 bits per heavy atom. The summed E-state index contributed by atoms with van der Waals surface area (Å²) < 4.78 is 16.2. The zero-order chi connectivity index (χ0) is 26.4. The number of rotatable bonds is 13. The Bertz CT molecular complexity index is 1320. The number of nitrogens with two attached hydrogens (primary N) is 1. The summed E-state index contributed by atoms with van der Waals surface area (Å²) in [6, 6.07) is 11.9. The Balaban J connectivity index is 1.83. The molecule has 0 aliphatic heterocycles. The van der Waals surface area contributed by atoms with Gasteiger partial charge in [0.15, 0.2) is 5.82 Å². The molecule has 2 heterocycles. The number of unbranched alkanes of at least 4 members (excludes halogenated alkanes) is 2. The summed E-state index contributed by atoms with van der Waals surface area (Å²) in [6.45, 7) is 11.1. The average molecular weight is 506 g/mol. The summed E-state index contributed by atoms with van der Waals surface area (Å²) in [6.07, 6.45) is 6.05. The van der Waals surface area contributed by atoms with Gasteiger partial charge in [-0.25, -0.2) is 4.57 Å². The van der Waals surface area contributed by atoms with E-state index in [0.717, 1.165) is 65.7 Å². The van der Waals surface area contributed by atoms with Crippen LogP contribution in [-0.2, 0) is 6.54 Å². The van der Waals surface area contributed by atoms with Crippen molar-refractivity contribution in [2.75, 3.05) is 19.8 Å². The number of aromatic nitrogens is 4. The van der Waals surface area contributed by atoms with Crippen LogP contribution in [0.3, 0.4) is 0 Å². The largest absolute Gasteiger partial charge is 0.493 e. The third-order valence-electron chi connectivity index (χ3n) is 6.51. The second-order valence-corrected chi connectivity index (χ2v) is 9.64. The summed E-state index contributed by atoms with van der Waals surface area (Å²) in [4.78, 5) is 0. The molecule has 0 saturated heterocycles. The number of benzene rings is 2. The van der Waals surface area contributed by atoms with Gasteiger partial charge in [-0.1, -0.05) is 45.6 Å². The Hall–Kier alpha value is -3.52. The van der Waals surface area contributed by atoms with Crippen molar-refractivity contribution in [3.63, 3.8) is 0 Å². The molecule has 8 heteroatoms. The van der Waals surface area contributed by atoms with E-state index in [2.05, 4.69) is 48.5 Å². The second kappa shape index (κ2) is 12.1. The summed E-state index contributed by atoms with van der Waals surface area (Å²) >= 11 is 0. The molecular formula is C29H39N5O3. The fourth-order valence-corrected chi connectivity index (χ4v) is 4.45. The van der Waals surface area contributed by atoms with Crippen LogP contribution in [0.25, 0.3) is 28.0 Å². The maximum Gasteiger partial charge on any atom is 0.319 e. The van der Waals surface area contributed by atoms with E-state index in [4.69, 9.17) is 15.2 Å². The highest BCUT2D eigenvalue weighted by Gasteiger charge is 2.23. The van der Waals surface area contributed by atoms with Crippen molar-refractivity contribution in [3.8, 4) is 34.6 Å². The van der Waals surface area contributed by atoms with Gasteiger partial charge in [-0.3, -0.25) is 0 Å². The standard InChI is InChI=1S/C29H39N5O3/c1-5-7-15-36-26-19-27(37-16-8-6-2)24(18-23(26)20(3)4)28-31-32-29(35)34(28)22-9-10-25-21(17-22)11-13-33(25)14-12-30/h9-11,13,17-20H,5-8,12,14-16,30H2,1-4H3,(H,32,35). The monoisotopic (exact) mass is 505 g/mol. The molecule has 0 radical (unpaired) electrons. The van der Waals surface area contributed by atoms with Gasteiger partial charge in [-0.2, -0.15) is 0 Å². The van der Waals surface area contributed by atoms with Crippen molar-refractivity contribution in [3.05, 3.63) is 48.2 Å². The Kier molecular flexibility index (Phi) is 8.71. The first kappa shape index (κ1) is 26.5. The normalized spacial score (nSPS) is 11.5. The van der Waals surface area contributed by atoms with Crippen LogP contribution in [-0.4, -0.2) is 44.2 Å². The van der Waals surface area contributed by atoms with E-state index in [1.165, 1.54) is 0 Å². The molecule has 198 valence electrons. The van der Waals surface area contributed by atoms with Gasteiger partial charge in [0.05, 0.1) is 24.5 Å². The van der Waals surface area contributed by atoms with Crippen molar-refractivity contribution in [2.45, 2.75) is 65.8 Å². The van der Waals surface area contributed by atoms with E-state index in [-0.39, 0.29) is 11.9 Å². The van der Waals surface area contributed by atoms with E-state index in [1.54, 1.807) is 4.57 Å². The summed E-state index contributed by atoms with van der Waals surface area (Å²) in [5, 5.41) is 20.3. The number of hydrogen-bond donors (Lipinski definition) is 2. The lowest BCUT2D eigenvalue weighted by molar-refractivity contribution is 0.292. The maximum absolute atomic E-state index is 10.8. The van der Waals surface area contributed by atoms with Crippen molar-refractivity contribution < 1.29 is 14.6 Å². The van der Waals surface area contributed by atoms with Gasteiger partial charge in [0.25, 0.3) is 0 Å². The van der Waals surface area contributed by atoms with Crippen molar-refractivity contribution in [2.24, 2.45) is 5.73 Å². The number of fused-ring (bicyclic) bond motifs is 1. The minimum atomic E-state index is -0.176. The molecule has 0 aliphatic rings. The van der Waals surface area contributed by atoms with Gasteiger partial charge in [0.2, 0.25) is 0 Å². The van der Waals surface area contributed by atoms with Crippen LogP contribution < -0.4 is 15.2 Å². The molecule has 4 rings (SSSR count). The van der Waals surface area contributed by atoms with Crippen LogP contribution >= 0.6 is 0 Å². The predicted octanol–water partition coefficient (Wildman–Crippen LogP) is 6.03. The van der Waals surface area contributed by atoms with Gasteiger partial charge in [-0.05, 0) is 54.7 Å². The Morgan fingerprint density at radius 3 is 2.35 bits per heavy atom. The first-order valence-electron chi connectivity index (χ1n) is 13.4. The minimum absolute atomic E-state index is 0.176. The van der Waals surface area contributed by atoms with Crippen LogP contribution in [0.4, 0.5) is 0 Å². The van der Waals surface area contributed by atoms with Crippen LogP contribution in [0, 0.1) is 0 Å². The first-order chi connectivity index (χ1) is 18.0. The maximum atomic E-state index is 10.8. The van der Waals surface area contributed by atoms with E-state index in [1.807, 2.05) is 36.5 Å². The molecule has 0 fully saturated rings. The zero-order valence-corrected chi connectivity index (χ0v) is 22.4. The van der Waals surface area contributed by atoms with Gasteiger partial charge < -0.3 is 24.9 Å². The quantitative estimate of drug-likeness (QED) is 0.215. The fourth-order valence-electron chi connectivity index (χ4n) is 4.45. The molecule has 3 N–H and O–H groups in total. The van der Waals surface area contributed by atoms with Crippen LogP contribution in [0.2, 0.25) is 0 Å². The first-order valence-corrected chi connectivity index (χ1v) is 13.4. The average Bonchev–Trinajstić information content (AvgIpc) is 3.47. The van der Waals surface area contributed by atoms with Gasteiger partial charge in [0, 0.05) is 36.3 Å². The van der Waals surface area contributed by atoms with Crippen molar-refractivity contribution >= 4 is 10.9 Å². The summed E-state index contributed by atoms with van der Waals surface area (Å²) in [5.74, 6) is 2.25. The highest BCUT2D eigenvalue weighted by Crippen LogP contribution is 2.40. The van der Waals surface area contributed by atoms with Crippen molar-refractivity contribution in [1.82, 2.24) is 19.3 Å². The Morgan fingerprint density at radius 1 is 0.946 bits per heavy atom. The molecule has 0 bridgehead atoms. The lowest BCUT2D eigenvalue weighted by Crippen LogP contribution is -2.08. The molecule has 0 unspecified atom stereocenters. The minimum Gasteiger partial charge on any atom is -0.493 e. The highest BCUT2D eigenvalue weighted by molar-refractivity contribution is 5.83.